The number of nitrogens with zero attached hydrogens (tertiary/aromatic N) is 1. The van der Waals surface area contributed by atoms with Crippen LogP contribution in [0.15, 0.2) is 47.4 Å². The molecule has 0 radical (unpaired) electrons. The van der Waals surface area contributed by atoms with Crippen LogP contribution in [0.2, 0.25) is 5.02 Å². The van der Waals surface area contributed by atoms with Crippen molar-refractivity contribution in [2.45, 2.75) is 24.8 Å². The Balaban J connectivity index is 1.72. The molecular formula is C21H23ClN2O6S. The summed E-state index contributed by atoms with van der Waals surface area (Å²) in [6, 6.07) is 10.8. The van der Waals surface area contributed by atoms with E-state index in [1.807, 2.05) is 0 Å². The summed E-state index contributed by atoms with van der Waals surface area (Å²) in [7, 11) is -3.77. The molecule has 2 aromatic carbocycles. The molecule has 3 rings (SSSR count). The van der Waals surface area contributed by atoms with E-state index in [-0.39, 0.29) is 23.5 Å². The van der Waals surface area contributed by atoms with Crippen LogP contribution in [0.1, 0.15) is 22.8 Å². The Bertz CT molecular complexity index is 1070. The van der Waals surface area contributed by atoms with Crippen LogP contribution in [0.4, 0.5) is 5.69 Å². The van der Waals surface area contributed by atoms with Gasteiger partial charge in [-0.15, -0.1) is 0 Å². The molecule has 0 aliphatic carbocycles. The fraction of sp³-hybridized carbons (Fsp3) is 0.333. The third kappa shape index (κ3) is 5.62. The monoisotopic (exact) mass is 466 g/mol. The van der Waals surface area contributed by atoms with E-state index in [0.717, 1.165) is 0 Å². The largest absolute Gasteiger partial charge is 0.449 e. The number of nitrogens with one attached hydrogen (secondary N) is 1. The first kappa shape index (κ1) is 23.2. The highest BCUT2D eigenvalue weighted by atomic mass is 35.5. The minimum Gasteiger partial charge on any atom is -0.449 e. The van der Waals surface area contributed by atoms with E-state index in [9.17, 15) is 18.0 Å². The van der Waals surface area contributed by atoms with Gasteiger partial charge in [-0.3, -0.25) is 4.79 Å². The van der Waals surface area contributed by atoms with Crippen LogP contribution in [0, 0.1) is 6.92 Å². The van der Waals surface area contributed by atoms with E-state index >= 15 is 0 Å². The Kier molecular flexibility index (Phi) is 7.32. The predicted molar refractivity (Wildman–Crippen MR) is 116 cm³/mol. The van der Waals surface area contributed by atoms with Crippen molar-refractivity contribution < 1.29 is 27.5 Å². The smallest absolute Gasteiger partial charge is 0.339 e. The van der Waals surface area contributed by atoms with Crippen molar-refractivity contribution >= 4 is 39.2 Å². The highest BCUT2D eigenvalue weighted by Gasteiger charge is 2.28. The second-order valence-corrected chi connectivity index (χ2v) is 9.41. The molecule has 8 nitrogen and oxygen atoms in total. The van der Waals surface area contributed by atoms with Crippen molar-refractivity contribution in [1.82, 2.24) is 4.31 Å². The lowest BCUT2D eigenvalue weighted by atomic mass is 10.1. The van der Waals surface area contributed by atoms with Crippen molar-refractivity contribution in [1.29, 1.82) is 0 Å². The maximum atomic E-state index is 12.9. The number of sulfonamides is 1. The lowest BCUT2D eigenvalue weighted by molar-refractivity contribution is -0.123. The Hall–Kier alpha value is -2.46. The Morgan fingerprint density at radius 3 is 2.42 bits per heavy atom. The minimum absolute atomic E-state index is 0.00906. The quantitative estimate of drug-likeness (QED) is 0.657. The van der Waals surface area contributed by atoms with Crippen molar-refractivity contribution in [2.24, 2.45) is 0 Å². The predicted octanol–water partition coefficient (Wildman–Crippen LogP) is 2.85. The Labute approximate surface area is 186 Å². The molecule has 166 valence electrons. The van der Waals surface area contributed by atoms with Crippen LogP contribution in [-0.4, -0.2) is 57.0 Å². The number of carbonyl (C=O) groups excluding carboxylic acids is 2. The molecule has 2 aromatic rings. The number of aryl methyl sites for hydroxylation is 1. The molecule has 1 saturated heterocycles. The molecule has 31 heavy (non-hydrogen) atoms. The topological polar surface area (TPSA) is 102 Å². The molecule has 1 aliphatic rings. The highest BCUT2D eigenvalue weighted by Crippen LogP contribution is 2.22. The zero-order valence-electron chi connectivity index (χ0n) is 17.1. The molecule has 0 spiro atoms. The van der Waals surface area contributed by atoms with E-state index in [4.69, 9.17) is 21.1 Å². The zero-order chi connectivity index (χ0) is 22.6. The molecule has 1 amide bonds. The van der Waals surface area contributed by atoms with E-state index < -0.39 is 28.0 Å². The first-order valence-corrected chi connectivity index (χ1v) is 11.5. The van der Waals surface area contributed by atoms with Gasteiger partial charge >= 0.3 is 5.97 Å². The van der Waals surface area contributed by atoms with Crippen LogP contribution in [0.25, 0.3) is 0 Å². The maximum Gasteiger partial charge on any atom is 0.339 e. The summed E-state index contributed by atoms with van der Waals surface area (Å²) in [6.07, 6.45) is -1.10. The summed E-state index contributed by atoms with van der Waals surface area (Å²) < 4.78 is 37.6. The summed E-state index contributed by atoms with van der Waals surface area (Å²) in [5.74, 6) is -1.30. The molecule has 0 aromatic heterocycles. The average molecular weight is 467 g/mol. The molecule has 0 saturated carbocycles. The second-order valence-electron chi connectivity index (χ2n) is 7.04. The SMILES string of the molecule is Cc1ccc(S(=O)(=O)N2CCOCC2)cc1C(=O)OC(C)C(=O)Nc1ccc(Cl)cc1. The van der Waals surface area contributed by atoms with Crippen molar-refractivity contribution in [3.05, 3.63) is 58.6 Å². The summed E-state index contributed by atoms with van der Waals surface area (Å²) >= 11 is 5.82. The van der Waals surface area contributed by atoms with Crippen molar-refractivity contribution in [2.75, 3.05) is 31.6 Å². The molecule has 1 fully saturated rings. The fourth-order valence-corrected chi connectivity index (χ4v) is 4.53. The first-order chi connectivity index (χ1) is 14.7. The van der Waals surface area contributed by atoms with Gasteiger partial charge in [-0.25, -0.2) is 13.2 Å². The standard InChI is InChI=1S/C21H23ClN2O6S/c1-14-3-8-18(31(27,28)24-9-11-29-12-10-24)13-19(14)21(26)30-15(2)20(25)23-17-6-4-16(22)5-7-17/h3-8,13,15H,9-12H2,1-2H3,(H,23,25). The van der Waals surface area contributed by atoms with E-state index in [1.165, 1.54) is 23.4 Å². The van der Waals surface area contributed by atoms with Gasteiger partial charge in [0.2, 0.25) is 10.0 Å². The van der Waals surface area contributed by atoms with Gasteiger partial charge in [-0.1, -0.05) is 17.7 Å². The van der Waals surface area contributed by atoms with Gasteiger partial charge < -0.3 is 14.8 Å². The number of hydrogen-bond acceptors (Lipinski definition) is 6. The number of anilines is 1. The van der Waals surface area contributed by atoms with Gasteiger partial charge in [0.1, 0.15) is 0 Å². The Morgan fingerprint density at radius 1 is 1.13 bits per heavy atom. The van der Waals surface area contributed by atoms with Crippen molar-refractivity contribution in [3.63, 3.8) is 0 Å². The molecule has 1 heterocycles. The molecule has 0 bridgehead atoms. The van der Waals surface area contributed by atoms with Gasteiger partial charge in [-0.05, 0) is 55.8 Å². The maximum absolute atomic E-state index is 12.9. The molecule has 1 atom stereocenters. The van der Waals surface area contributed by atoms with Crippen molar-refractivity contribution in [3.8, 4) is 0 Å². The number of rotatable bonds is 6. The second kappa shape index (κ2) is 9.78. The lowest BCUT2D eigenvalue weighted by Crippen LogP contribution is -2.40. The number of benzene rings is 2. The minimum atomic E-state index is -3.77. The number of amides is 1. The molecule has 1 unspecified atom stereocenters. The van der Waals surface area contributed by atoms with Gasteiger partial charge in [-0.2, -0.15) is 4.31 Å². The third-order valence-electron chi connectivity index (χ3n) is 4.80. The zero-order valence-corrected chi connectivity index (χ0v) is 18.7. The number of esters is 1. The van der Waals surface area contributed by atoms with Crippen LogP contribution in [0.5, 0.6) is 0 Å². The summed E-state index contributed by atoms with van der Waals surface area (Å²) in [5, 5.41) is 3.16. The first-order valence-electron chi connectivity index (χ1n) is 9.64. The van der Waals surface area contributed by atoms with Crippen LogP contribution < -0.4 is 5.32 Å². The molecular weight excluding hydrogens is 444 g/mol. The summed E-state index contributed by atoms with van der Waals surface area (Å²) in [4.78, 5) is 25.0. The van der Waals surface area contributed by atoms with E-state index in [1.54, 1.807) is 37.3 Å². The number of hydrogen-bond donors (Lipinski definition) is 1. The fourth-order valence-electron chi connectivity index (χ4n) is 2.97. The number of ether oxygens (including phenoxy) is 2. The molecule has 1 N–H and O–H groups in total. The Morgan fingerprint density at radius 2 is 1.77 bits per heavy atom. The number of carbonyl (C=O) groups is 2. The number of morpholine rings is 1. The van der Waals surface area contributed by atoms with E-state index in [0.29, 0.717) is 29.5 Å². The summed E-state index contributed by atoms with van der Waals surface area (Å²) in [5.41, 5.74) is 1.13. The number of halogens is 1. The van der Waals surface area contributed by atoms with Gasteiger partial charge in [0.25, 0.3) is 5.91 Å². The average Bonchev–Trinajstić information content (AvgIpc) is 2.76. The van der Waals surface area contributed by atoms with Crippen LogP contribution >= 0.6 is 11.6 Å². The van der Waals surface area contributed by atoms with Crippen LogP contribution in [-0.2, 0) is 24.3 Å². The molecule has 1 aliphatic heterocycles. The van der Waals surface area contributed by atoms with E-state index in [2.05, 4.69) is 5.32 Å². The highest BCUT2D eigenvalue weighted by molar-refractivity contribution is 7.89. The van der Waals surface area contributed by atoms with Crippen LogP contribution in [0.3, 0.4) is 0 Å². The summed E-state index contributed by atoms with van der Waals surface area (Å²) in [6.45, 7) is 4.24. The van der Waals surface area contributed by atoms with Gasteiger partial charge in [0.05, 0.1) is 23.7 Å². The van der Waals surface area contributed by atoms with Gasteiger partial charge in [0.15, 0.2) is 6.10 Å². The normalized spacial score (nSPS) is 15.8. The molecule has 10 heteroatoms. The van der Waals surface area contributed by atoms with Gasteiger partial charge in [0, 0.05) is 23.8 Å². The third-order valence-corrected chi connectivity index (χ3v) is 6.95. The lowest BCUT2D eigenvalue weighted by Gasteiger charge is -2.26.